The summed E-state index contributed by atoms with van der Waals surface area (Å²) in [7, 11) is 0. The van der Waals surface area contributed by atoms with Gasteiger partial charge in [0.25, 0.3) is 0 Å². The van der Waals surface area contributed by atoms with Gasteiger partial charge in [-0.05, 0) is 63.9 Å². The van der Waals surface area contributed by atoms with Crippen LogP contribution < -0.4 is 10.6 Å². The molecule has 2 N–H and O–H groups in total. The van der Waals surface area contributed by atoms with Crippen molar-refractivity contribution in [1.29, 1.82) is 0 Å². The number of furan rings is 1. The maximum atomic E-state index is 12.2. The molecule has 0 unspecified atom stereocenters. The van der Waals surface area contributed by atoms with E-state index in [0.717, 1.165) is 29.2 Å². The van der Waals surface area contributed by atoms with Gasteiger partial charge in [-0.1, -0.05) is 24.3 Å². The van der Waals surface area contributed by atoms with E-state index < -0.39 is 0 Å². The van der Waals surface area contributed by atoms with Gasteiger partial charge < -0.3 is 15.1 Å². The number of rotatable bonds is 6. The van der Waals surface area contributed by atoms with Crippen molar-refractivity contribution in [2.75, 3.05) is 13.1 Å². The van der Waals surface area contributed by atoms with Gasteiger partial charge in [-0.2, -0.15) is 0 Å². The molecule has 140 valence electrons. The van der Waals surface area contributed by atoms with Crippen molar-refractivity contribution in [3.8, 4) is 0 Å². The van der Waals surface area contributed by atoms with Crippen LogP contribution >= 0.6 is 0 Å². The van der Waals surface area contributed by atoms with Crippen LogP contribution in [0.3, 0.4) is 0 Å². The van der Waals surface area contributed by atoms with Crippen molar-refractivity contribution < 1.29 is 9.21 Å². The van der Waals surface area contributed by atoms with Gasteiger partial charge in [-0.3, -0.25) is 4.90 Å². The number of amides is 2. The third kappa shape index (κ3) is 4.88. The summed E-state index contributed by atoms with van der Waals surface area (Å²) in [6.45, 7) is 9.70. The molecule has 1 aliphatic rings. The second-order valence-electron chi connectivity index (χ2n) is 7.22. The minimum atomic E-state index is -0.166. The molecule has 3 rings (SSSR count). The first-order chi connectivity index (χ1) is 12.5. The average Bonchev–Trinajstić information content (AvgIpc) is 3.22. The van der Waals surface area contributed by atoms with E-state index in [1.807, 2.05) is 26.8 Å². The fourth-order valence-electron chi connectivity index (χ4n) is 3.63. The van der Waals surface area contributed by atoms with Gasteiger partial charge in [0.15, 0.2) is 0 Å². The first kappa shape index (κ1) is 18.5. The molecule has 5 nitrogen and oxygen atoms in total. The molecule has 0 radical (unpaired) electrons. The van der Waals surface area contributed by atoms with Crippen LogP contribution in [0, 0.1) is 13.8 Å². The first-order valence-electron chi connectivity index (χ1n) is 9.43. The number of hydrogen-bond acceptors (Lipinski definition) is 3. The maximum Gasteiger partial charge on any atom is 0.315 e. The van der Waals surface area contributed by atoms with Crippen molar-refractivity contribution in [2.45, 2.75) is 52.7 Å². The highest BCUT2D eigenvalue weighted by Crippen LogP contribution is 2.21. The highest BCUT2D eigenvalue weighted by atomic mass is 16.3. The lowest BCUT2D eigenvalue weighted by Crippen LogP contribution is -2.36. The largest absolute Gasteiger partial charge is 0.466 e. The summed E-state index contributed by atoms with van der Waals surface area (Å²) in [5.74, 6) is 1.71. The molecule has 1 aromatic carbocycles. The summed E-state index contributed by atoms with van der Waals surface area (Å²) in [5.41, 5.74) is 3.45. The molecule has 2 heterocycles. The van der Waals surface area contributed by atoms with Crippen LogP contribution in [-0.2, 0) is 13.1 Å². The molecular weight excluding hydrogens is 326 g/mol. The van der Waals surface area contributed by atoms with Crippen LogP contribution in [0.25, 0.3) is 0 Å². The van der Waals surface area contributed by atoms with E-state index in [1.54, 1.807) is 0 Å². The van der Waals surface area contributed by atoms with E-state index in [9.17, 15) is 4.79 Å². The van der Waals surface area contributed by atoms with Gasteiger partial charge in [0.1, 0.15) is 11.5 Å². The molecule has 1 aromatic heterocycles. The summed E-state index contributed by atoms with van der Waals surface area (Å²) in [5, 5.41) is 5.93. The first-order valence-corrected chi connectivity index (χ1v) is 9.43. The Morgan fingerprint density at radius 2 is 1.92 bits per heavy atom. The SMILES string of the molecule is Cc1cc([C@H](C)NC(=O)NCc2cccc(CN3CCCC3)c2)c(C)o1. The molecule has 0 saturated carbocycles. The molecule has 26 heavy (non-hydrogen) atoms. The smallest absolute Gasteiger partial charge is 0.315 e. The van der Waals surface area contributed by atoms with Crippen LogP contribution in [0.5, 0.6) is 0 Å². The van der Waals surface area contributed by atoms with Crippen molar-refractivity contribution in [3.05, 3.63) is 58.5 Å². The Kier molecular flexibility index (Phi) is 5.99. The number of aryl methyl sites for hydroxylation is 2. The van der Waals surface area contributed by atoms with Gasteiger partial charge in [-0.15, -0.1) is 0 Å². The van der Waals surface area contributed by atoms with Crippen molar-refractivity contribution in [2.24, 2.45) is 0 Å². The highest BCUT2D eigenvalue weighted by Gasteiger charge is 2.15. The number of urea groups is 1. The maximum absolute atomic E-state index is 12.2. The summed E-state index contributed by atoms with van der Waals surface area (Å²) < 4.78 is 5.54. The van der Waals surface area contributed by atoms with Crippen LogP contribution in [-0.4, -0.2) is 24.0 Å². The van der Waals surface area contributed by atoms with Crippen LogP contribution in [0.15, 0.2) is 34.7 Å². The van der Waals surface area contributed by atoms with E-state index >= 15 is 0 Å². The summed E-state index contributed by atoms with van der Waals surface area (Å²) in [4.78, 5) is 14.7. The van der Waals surface area contributed by atoms with E-state index in [-0.39, 0.29) is 12.1 Å². The molecule has 1 atom stereocenters. The topological polar surface area (TPSA) is 57.5 Å². The molecule has 2 aromatic rings. The average molecular weight is 355 g/mol. The zero-order valence-electron chi connectivity index (χ0n) is 16.0. The van der Waals surface area contributed by atoms with Gasteiger partial charge in [-0.25, -0.2) is 4.79 Å². The highest BCUT2D eigenvalue weighted by molar-refractivity contribution is 5.74. The molecular formula is C21H29N3O2. The Balaban J connectivity index is 1.50. The zero-order chi connectivity index (χ0) is 18.5. The molecule has 0 bridgehead atoms. The Hall–Kier alpha value is -2.27. The summed E-state index contributed by atoms with van der Waals surface area (Å²) >= 11 is 0. The number of carbonyl (C=O) groups excluding carboxylic acids is 1. The standard InChI is InChI=1S/C21H29N3O2/c1-15-11-20(17(3)26-15)16(2)23-21(25)22-13-18-7-6-8-19(12-18)14-24-9-4-5-10-24/h6-8,11-12,16H,4-5,9-10,13-14H2,1-3H3,(H2,22,23,25)/t16-/m0/s1. The summed E-state index contributed by atoms with van der Waals surface area (Å²) in [6.07, 6.45) is 2.60. The molecule has 1 saturated heterocycles. The Morgan fingerprint density at radius 1 is 1.19 bits per heavy atom. The monoisotopic (exact) mass is 355 g/mol. The number of carbonyl (C=O) groups is 1. The van der Waals surface area contributed by atoms with Crippen molar-refractivity contribution in [3.63, 3.8) is 0 Å². The van der Waals surface area contributed by atoms with Crippen molar-refractivity contribution in [1.82, 2.24) is 15.5 Å². The number of likely N-dealkylation sites (tertiary alicyclic amines) is 1. The molecule has 0 aliphatic carbocycles. The van der Waals surface area contributed by atoms with Crippen LogP contribution in [0.1, 0.15) is 54.0 Å². The zero-order valence-corrected chi connectivity index (χ0v) is 16.0. The van der Waals surface area contributed by atoms with Crippen LogP contribution in [0.4, 0.5) is 4.79 Å². The quantitative estimate of drug-likeness (QED) is 0.822. The Labute approximate surface area is 155 Å². The second-order valence-corrected chi connectivity index (χ2v) is 7.22. The predicted molar refractivity (Wildman–Crippen MR) is 103 cm³/mol. The fourth-order valence-corrected chi connectivity index (χ4v) is 3.63. The Bertz CT molecular complexity index is 747. The van der Waals surface area contributed by atoms with Gasteiger partial charge in [0.2, 0.25) is 0 Å². The lowest BCUT2D eigenvalue weighted by molar-refractivity contribution is 0.237. The molecule has 5 heteroatoms. The third-order valence-corrected chi connectivity index (χ3v) is 4.94. The number of benzene rings is 1. The van der Waals surface area contributed by atoms with E-state index in [0.29, 0.717) is 6.54 Å². The predicted octanol–water partition coefficient (Wildman–Crippen LogP) is 4.05. The fraction of sp³-hybridized carbons (Fsp3) is 0.476. The van der Waals surface area contributed by atoms with Crippen LogP contribution in [0.2, 0.25) is 0 Å². The van der Waals surface area contributed by atoms with E-state index in [1.165, 1.54) is 31.5 Å². The molecule has 1 aliphatic heterocycles. The number of hydrogen-bond donors (Lipinski definition) is 2. The van der Waals surface area contributed by atoms with Gasteiger partial charge in [0.05, 0.1) is 6.04 Å². The Morgan fingerprint density at radius 3 is 2.62 bits per heavy atom. The molecule has 0 spiro atoms. The van der Waals surface area contributed by atoms with Gasteiger partial charge >= 0.3 is 6.03 Å². The normalized spacial score (nSPS) is 15.8. The van der Waals surface area contributed by atoms with Gasteiger partial charge in [0, 0.05) is 18.7 Å². The minimum absolute atomic E-state index is 0.0889. The number of nitrogens with one attached hydrogen (secondary N) is 2. The number of nitrogens with zero attached hydrogens (tertiary/aromatic N) is 1. The molecule has 2 amide bonds. The summed E-state index contributed by atoms with van der Waals surface area (Å²) in [6, 6.07) is 10.2. The molecule has 1 fully saturated rings. The minimum Gasteiger partial charge on any atom is -0.466 e. The van der Waals surface area contributed by atoms with Crippen molar-refractivity contribution >= 4 is 6.03 Å². The lowest BCUT2D eigenvalue weighted by Gasteiger charge is -2.16. The lowest BCUT2D eigenvalue weighted by atomic mass is 10.1. The second kappa shape index (κ2) is 8.41. The van der Waals surface area contributed by atoms with E-state index in [4.69, 9.17) is 4.42 Å². The third-order valence-electron chi connectivity index (χ3n) is 4.94. The van der Waals surface area contributed by atoms with E-state index in [2.05, 4.69) is 39.8 Å².